The molecule has 3 heteroatoms. The number of aliphatic hydroxyl groups excluding tert-OH is 1. The summed E-state index contributed by atoms with van der Waals surface area (Å²) >= 11 is 1.71. The van der Waals surface area contributed by atoms with Gasteiger partial charge >= 0.3 is 0 Å². The van der Waals surface area contributed by atoms with E-state index in [9.17, 15) is 4.39 Å². The maximum atomic E-state index is 14.5. The molecule has 2 aromatic carbocycles. The van der Waals surface area contributed by atoms with Gasteiger partial charge in [-0.25, -0.2) is 4.39 Å². The van der Waals surface area contributed by atoms with Gasteiger partial charge in [-0.2, -0.15) is 0 Å². The minimum Gasteiger partial charge on any atom is -0.396 e. The smallest absolute Gasteiger partial charge is 0.130 e. The highest BCUT2D eigenvalue weighted by Crippen LogP contribution is 2.30. The summed E-state index contributed by atoms with van der Waals surface area (Å²) < 4.78 is 14.5. The van der Waals surface area contributed by atoms with Crippen LogP contribution in [0.2, 0.25) is 0 Å². The summed E-state index contributed by atoms with van der Waals surface area (Å²) in [6.45, 7) is 2.08. The van der Waals surface area contributed by atoms with Gasteiger partial charge in [-0.3, -0.25) is 0 Å². The van der Waals surface area contributed by atoms with Gasteiger partial charge in [0, 0.05) is 22.8 Å². The Kier molecular flexibility index (Phi) is 7.63. The van der Waals surface area contributed by atoms with Crippen molar-refractivity contribution in [2.75, 3.05) is 6.61 Å². The van der Waals surface area contributed by atoms with Gasteiger partial charge in [0.25, 0.3) is 0 Å². The quantitative estimate of drug-likeness (QED) is 0.482. The summed E-state index contributed by atoms with van der Waals surface area (Å²) in [4.78, 5) is 1.05. The van der Waals surface area contributed by atoms with Crippen molar-refractivity contribution in [3.63, 3.8) is 0 Å². The number of aliphatic hydroxyl groups is 1. The summed E-state index contributed by atoms with van der Waals surface area (Å²) in [6.07, 6.45) is 4.63. The van der Waals surface area contributed by atoms with Gasteiger partial charge in [0.15, 0.2) is 0 Å². The highest BCUT2D eigenvalue weighted by Gasteiger charge is 2.11. The number of thioether (sulfide) groups is 1. The number of halogens is 1. The average molecular weight is 332 g/mol. The number of aryl methyl sites for hydroxylation is 1. The van der Waals surface area contributed by atoms with E-state index in [2.05, 4.69) is 18.2 Å². The number of rotatable bonds is 9. The molecular weight excluding hydrogens is 307 g/mol. The zero-order valence-electron chi connectivity index (χ0n) is 13.7. The maximum absolute atomic E-state index is 14.5. The van der Waals surface area contributed by atoms with Crippen LogP contribution < -0.4 is 0 Å². The molecule has 0 spiro atoms. The van der Waals surface area contributed by atoms with Crippen LogP contribution in [0.15, 0.2) is 47.4 Å². The van der Waals surface area contributed by atoms with Crippen LogP contribution in [0.3, 0.4) is 0 Å². The molecule has 1 N–H and O–H groups in total. The van der Waals surface area contributed by atoms with Crippen molar-refractivity contribution in [2.24, 2.45) is 0 Å². The summed E-state index contributed by atoms with van der Waals surface area (Å²) in [5, 5.41) is 8.82. The van der Waals surface area contributed by atoms with Crippen molar-refractivity contribution in [3.8, 4) is 0 Å². The van der Waals surface area contributed by atoms with E-state index >= 15 is 0 Å². The van der Waals surface area contributed by atoms with Gasteiger partial charge < -0.3 is 5.11 Å². The SMILES string of the molecule is Cc1ccc(SCc2ccccc2)c(CCCCCCO)c1F. The molecule has 0 fully saturated rings. The lowest BCUT2D eigenvalue weighted by Crippen LogP contribution is -1.98. The predicted molar refractivity (Wildman–Crippen MR) is 96.4 cm³/mol. The number of hydrogen-bond donors (Lipinski definition) is 1. The molecule has 0 aliphatic rings. The van der Waals surface area contributed by atoms with Crippen molar-refractivity contribution in [2.45, 2.75) is 49.7 Å². The zero-order valence-corrected chi connectivity index (χ0v) is 14.5. The lowest BCUT2D eigenvalue weighted by Gasteiger charge is -2.12. The first-order valence-corrected chi connectivity index (χ1v) is 9.26. The maximum Gasteiger partial charge on any atom is 0.130 e. The fourth-order valence-electron chi connectivity index (χ4n) is 2.59. The molecule has 0 heterocycles. The molecule has 0 saturated carbocycles. The molecule has 124 valence electrons. The Labute approximate surface area is 142 Å². The summed E-state index contributed by atoms with van der Waals surface area (Å²) in [6, 6.07) is 14.2. The highest BCUT2D eigenvalue weighted by atomic mass is 32.2. The van der Waals surface area contributed by atoms with E-state index in [1.54, 1.807) is 11.8 Å². The van der Waals surface area contributed by atoms with E-state index in [-0.39, 0.29) is 12.4 Å². The molecule has 2 aromatic rings. The van der Waals surface area contributed by atoms with Crippen molar-refractivity contribution >= 4 is 11.8 Å². The molecule has 0 amide bonds. The highest BCUT2D eigenvalue weighted by molar-refractivity contribution is 7.98. The van der Waals surface area contributed by atoms with Gasteiger partial charge in [-0.05, 0) is 43.4 Å². The lowest BCUT2D eigenvalue weighted by molar-refractivity contribution is 0.282. The Hall–Kier alpha value is -1.32. The Morgan fingerprint density at radius 3 is 2.43 bits per heavy atom. The van der Waals surface area contributed by atoms with E-state index < -0.39 is 0 Å². The normalized spacial score (nSPS) is 10.9. The second-order valence-corrected chi connectivity index (χ2v) is 6.85. The van der Waals surface area contributed by atoms with Crippen LogP contribution >= 0.6 is 11.8 Å². The van der Waals surface area contributed by atoms with E-state index in [4.69, 9.17) is 5.11 Å². The van der Waals surface area contributed by atoms with Crippen LogP contribution in [-0.4, -0.2) is 11.7 Å². The molecule has 0 aliphatic carbocycles. The topological polar surface area (TPSA) is 20.2 Å². The van der Waals surface area contributed by atoms with Crippen molar-refractivity contribution in [3.05, 3.63) is 65.0 Å². The largest absolute Gasteiger partial charge is 0.396 e. The fraction of sp³-hybridized carbons (Fsp3) is 0.400. The molecule has 1 nitrogen and oxygen atoms in total. The van der Waals surface area contributed by atoms with Crippen molar-refractivity contribution in [1.82, 2.24) is 0 Å². The summed E-state index contributed by atoms with van der Waals surface area (Å²) in [5.41, 5.74) is 2.83. The van der Waals surface area contributed by atoms with Crippen LogP contribution in [-0.2, 0) is 12.2 Å². The van der Waals surface area contributed by atoms with Gasteiger partial charge in [-0.15, -0.1) is 11.8 Å². The van der Waals surface area contributed by atoms with Gasteiger partial charge in [0.1, 0.15) is 5.82 Å². The molecule has 0 atom stereocenters. The minimum absolute atomic E-state index is 0.0507. The second-order valence-electron chi connectivity index (χ2n) is 5.84. The summed E-state index contributed by atoms with van der Waals surface area (Å²) in [7, 11) is 0. The Morgan fingerprint density at radius 2 is 1.70 bits per heavy atom. The van der Waals surface area contributed by atoms with E-state index in [1.165, 1.54) is 5.56 Å². The van der Waals surface area contributed by atoms with Gasteiger partial charge in [0.05, 0.1) is 0 Å². The molecule has 0 aromatic heterocycles. The third-order valence-electron chi connectivity index (χ3n) is 3.97. The molecule has 0 radical (unpaired) electrons. The monoisotopic (exact) mass is 332 g/mol. The molecule has 23 heavy (non-hydrogen) atoms. The third kappa shape index (κ3) is 5.67. The van der Waals surface area contributed by atoms with E-state index in [0.717, 1.165) is 53.9 Å². The van der Waals surface area contributed by atoms with Crippen LogP contribution in [0.1, 0.15) is 42.4 Å². The first-order valence-electron chi connectivity index (χ1n) is 8.28. The molecule has 0 bridgehead atoms. The molecule has 0 saturated heterocycles. The molecule has 2 rings (SSSR count). The average Bonchev–Trinajstić information content (AvgIpc) is 2.58. The first-order chi connectivity index (χ1) is 11.2. The minimum atomic E-state index is -0.0507. The lowest BCUT2D eigenvalue weighted by atomic mass is 10.0. The molecule has 0 unspecified atom stereocenters. The number of hydrogen-bond acceptors (Lipinski definition) is 2. The van der Waals surface area contributed by atoms with E-state index in [0.29, 0.717) is 0 Å². The van der Waals surface area contributed by atoms with Crippen molar-refractivity contribution in [1.29, 1.82) is 0 Å². The number of benzene rings is 2. The predicted octanol–water partition coefficient (Wildman–Crippen LogP) is 5.52. The van der Waals surface area contributed by atoms with Crippen LogP contribution in [0.25, 0.3) is 0 Å². The van der Waals surface area contributed by atoms with Crippen LogP contribution in [0, 0.1) is 12.7 Å². The fourth-order valence-corrected chi connectivity index (χ4v) is 3.64. The molecule has 0 aliphatic heterocycles. The van der Waals surface area contributed by atoms with Crippen molar-refractivity contribution < 1.29 is 9.50 Å². The Balaban J connectivity index is 2.01. The molecular formula is C20H25FOS. The Morgan fingerprint density at radius 1 is 0.957 bits per heavy atom. The summed E-state index contributed by atoms with van der Waals surface area (Å²) in [5.74, 6) is 0.811. The second kappa shape index (κ2) is 9.74. The zero-order chi connectivity index (χ0) is 16.5. The van der Waals surface area contributed by atoms with Gasteiger partial charge in [-0.1, -0.05) is 49.2 Å². The van der Waals surface area contributed by atoms with E-state index in [1.807, 2.05) is 31.2 Å². The number of unbranched alkanes of at least 4 members (excludes halogenated alkanes) is 3. The Bertz CT molecular complexity index is 598. The first kappa shape index (κ1) is 18.0. The van der Waals surface area contributed by atoms with Crippen LogP contribution in [0.4, 0.5) is 4.39 Å². The third-order valence-corrected chi connectivity index (χ3v) is 5.14. The van der Waals surface area contributed by atoms with Crippen LogP contribution in [0.5, 0.6) is 0 Å². The standard InChI is InChI=1S/C20H25FOS/c1-16-12-13-19(23-15-17-9-5-4-6-10-17)18(20(16)21)11-7-2-3-8-14-22/h4-6,9-10,12-13,22H,2-3,7-8,11,14-15H2,1H3. The van der Waals surface area contributed by atoms with Gasteiger partial charge in [0.2, 0.25) is 0 Å².